The van der Waals surface area contributed by atoms with E-state index >= 15 is 0 Å². The molecule has 2 aromatic heterocycles. The van der Waals surface area contributed by atoms with Gasteiger partial charge in [0.15, 0.2) is 0 Å². The minimum atomic E-state index is 0. The maximum absolute atomic E-state index is 4.99. The Morgan fingerprint density at radius 2 is 1.30 bits per heavy atom. The van der Waals surface area contributed by atoms with Gasteiger partial charge in [-0.25, -0.2) is 0 Å². The second-order valence-electron chi connectivity index (χ2n) is 12.2. The molecule has 0 fully saturated rings. The van der Waals surface area contributed by atoms with Gasteiger partial charge in [0.2, 0.25) is 0 Å². The summed E-state index contributed by atoms with van der Waals surface area (Å²) in [4.78, 5) is 9.41. The van der Waals surface area contributed by atoms with Gasteiger partial charge < -0.3 is 9.55 Å². The van der Waals surface area contributed by atoms with Crippen molar-refractivity contribution in [1.82, 2.24) is 14.5 Å². The molecule has 0 aliphatic carbocycles. The van der Waals surface area contributed by atoms with E-state index < -0.39 is 0 Å². The smallest absolute Gasteiger partial charge is 0.0774 e. The van der Waals surface area contributed by atoms with Crippen LogP contribution in [0.15, 0.2) is 134 Å². The Morgan fingerprint density at radius 3 is 1.98 bits per heavy atom. The van der Waals surface area contributed by atoms with Gasteiger partial charge in [0.25, 0.3) is 0 Å². The van der Waals surface area contributed by atoms with Crippen LogP contribution in [0.25, 0.3) is 50.5 Å². The van der Waals surface area contributed by atoms with Crippen molar-refractivity contribution in [2.24, 2.45) is 0 Å². The average molecular weight is 790 g/mol. The number of nitrogens with zero attached hydrogens (tertiary/aromatic N) is 3. The number of pyridine rings is 1. The Kier molecular flexibility index (Phi) is 11.0. The number of hydrogen-bond acceptors (Lipinski definition) is 2. The number of aryl methyl sites for hydroxylation is 1. The Hall–Kier alpha value is -4.63. The van der Waals surface area contributed by atoms with E-state index in [4.69, 9.17) is 4.98 Å². The van der Waals surface area contributed by atoms with Crippen LogP contribution in [-0.4, -0.2) is 14.5 Å². The largest absolute Gasteiger partial charge is 0.333 e. The van der Waals surface area contributed by atoms with Crippen LogP contribution in [0.3, 0.4) is 0 Å². The summed E-state index contributed by atoms with van der Waals surface area (Å²) in [7, 11) is 0. The standard InChI is InChI=1S/C25H25N2.C18H14N.Ir/c1-17(2)20-13-10-14-21(18(3)4)24(20)27-23-16-9-8-15-22(23)26-25(27)19-11-6-5-7-12-19;1-14-10-11-19-18(12-14)17-9-5-8-16(13-17)15-6-3-2-4-7-15;/h5-11,13-18H,1-4H3;2-8,10-13H,1H3;/q2*-1;. The first-order chi connectivity index (χ1) is 22.4. The molecule has 0 unspecified atom stereocenters. The van der Waals surface area contributed by atoms with E-state index in [1.807, 2.05) is 42.6 Å². The molecular weight excluding hydrogens is 751 g/mol. The van der Waals surface area contributed by atoms with Crippen LogP contribution in [0.1, 0.15) is 56.2 Å². The van der Waals surface area contributed by atoms with E-state index in [1.54, 1.807) is 0 Å². The number of imidazole rings is 1. The van der Waals surface area contributed by atoms with Gasteiger partial charge in [-0.05, 0) is 59.3 Å². The van der Waals surface area contributed by atoms with Crippen molar-refractivity contribution < 1.29 is 20.1 Å². The predicted octanol–water partition coefficient (Wildman–Crippen LogP) is 11.3. The van der Waals surface area contributed by atoms with E-state index in [2.05, 4.69) is 147 Å². The first kappa shape index (κ1) is 33.7. The summed E-state index contributed by atoms with van der Waals surface area (Å²) in [6, 6.07) is 50.4. The van der Waals surface area contributed by atoms with E-state index in [9.17, 15) is 0 Å². The first-order valence-electron chi connectivity index (χ1n) is 16.0. The third-order valence-corrected chi connectivity index (χ3v) is 8.18. The van der Waals surface area contributed by atoms with Crippen molar-refractivity contribution >= 4 is 11.0 Å². The summed E-state index contributed by atoms with van der Waals surface area (Å²) in [5.74, 6) is 1.80. The summed E-state index contributed by atoms with van der Waals surface area (Å²) in [5.41, 5.74) is 12.8. The van der Waals surface area contributed by atoms with Gasteiger partial charge in [0, 0.05) is 32.0 Å². The zero-order valence-corrected chi connectivity index (χ0v) is 29.9. The molecule has 47 heavy (non-hydrogen) atoms. The SMILES string of the molecule is CC(C)c1cccc(C(C)C)c1-n1c(-c2[c-]cccc2)nc2ccccc21.Cc1ccnc(-c2[c-]ccc(-c3ccccc3)c2)c1.[Ir]. The van der Waals surface area contributed by atoms with Crippen LogP contribution >= 0.6 is 0 Å². The van der Waals surface area contributed by atoms with E-state index in [1.165, 1.54) is 33.5 Å². The molecule has 237 valence electrons. The number of rotatable bonds is 6. The van der Waals surface area contributed by atoms with Crippen molar-refractivity contribution in [3.05, 3.63) is 162 Å². The van der Waals surface area contributed by atoms with E-state index in [0.29, 0.717) is 11.8 Å². The predicted molar refractivity (Wildman–Crippen MR) is 192 cm³/mol. The molecule has 0 N–H and O–H groups in total. The second-order valence-corrected chi connectivity index (χ2v) is 12.2. The molecule has 0 bridgehead atoms. The van der Waals surface area contributed by atoms with Gasteiger partial charge in [-0.1, -0.05) is 100.0 Å². The molecular formula is C43H39IrN3-2. The minimum absolute atomic E-state index is 0. The van der Waals surface area contributed by atoms with Crippen LogP contribution in [0, 0.1) is 19.1 Å². The van der Waals surface area contributed by atoms with Gasteiger partial charge in [-0.2, -0.15) is 0 Å². The van der Waals surface area contributed by atoms with Crippen molar-refractivity contribution in [2.45, 2.75) is 46.5 Å². The summed E-state index contributed by atoms with van der Waals surface area (Å²) in [5, 5.41) is 0. The van der Waals surface area contributed by atoms with Gasteiger partial charge in [0.05, 0.1) is 16.9 Å². The fourth-order valence-corrected chi connectivity index (χ4v) is 5.84. The maximum Gasteiger partial charge on any atom is 0.0774 e. The topological polar surface area (TPSA) is 30.7 Å². The van der Waals surface area contributed by atoms with Crippen LogP contribution in [0.2, 0.25) is 0 Å². The monoisotopic (exact) mass is 790 g/mol. The Balaban J connectivity index is 0.000000191. The molecule has 4 heteroatoms. The number of fused-ring (bicyclic) bond motifs is 1. The summed E-state index contributed by atoms with van der Waals surface area (Å²) >= 11 is 0. The average Bonchev–Trinajstić information content (AvgIpc) is 3.48. The van der Waals surface area contributed by atoms with Crippen molar-refractivity contribution in [2.75, 3.05) is 0 Å². The molecule has 1 radical (unpaired) electrons. The quantitative estimate of drug-likeness (QED) is 0.157. The molecule has 0 spiro atoms. The van der Waals surface area contributed by atoms with Crippen LogP contribution in [-0.2, 0) is 20.1 Å². The third kappa shape index (κ3) is 7.52. The first-order valence-corrected chi connectivity index (χ1v) is 16.0. The fraction of sp³-hybridized carbons (Fsp3) is 0.163. The van der Waals surface area contributed by atoms with Gasteiger partial charge in [-0.3, -0.25) is 4.98 Å². The fourth-order valence-electron chi connectivity index (χ4n) is 5.84. The summed E-state index contributed by atoms with van der Waals surface area (Å²) in [6.45, 7) is 11.1. The molecule has 3 nitrogen and oxygen atoms in total. The molecule has 0 saturated carbocycles. The Morgan fingerprint density at radius 1 is 0.617 bits per heavy atom. The van der Waals surface area contributed by atoms with Crippen LogP contribution in [0.4, 0.5) is 0 Å². The molecule has 0 amide bonds. The Labute approximate surface area is 292 Å². The molecule has 2 heterocycles. The Bertz CT molecular complexity index is 2030. The van der Waals surface area contributed by atoms with Gasteiger partial charge in [0.1, 0.15) is 0 Å². The molecule has 7 rings (SSSR count). The number of aromatic nitrogens is 3. The van der Waals surface area contributed by atoms with Gasteiger partial charge >= 0.3 is 0 Å². The normalized spacial score (nSPS) is 10.9. The molecule has 0 saturated heterocycles. The summed E-state index contributed by atoms with van der Waals surface area (Å²) < 4.78 is 2.34. The number of hydrogen-bond donors (Lipinski definition) is 0. The number of para-hydroxylation sites is 3. The maximum atomic E-state index is 4.99. The minimum Gasteiger partial charge on any atom is -0.333 e. The molecule has 7 aromatic rings. The van der Waals surface area contributed by atoms with Crippen LogP contribution in [0.5, 0.6) is 0 Å². The number of benzene rings is 5. The second kappa shape index (κ2) is 15.3. The van der Waals surface area contributed by atoms with E-state index in [-0.39, 0.29) is 20.1 Å². The summed E-state index contributed by atoms with van der Waals surface area (Å²) in [6.07, 6.45) is 1.84. The zero-order valence-electron chi connectivity index (χ0n) is 27.5. The molecule has 0 aliphatic heterocycles. The van der Waals surface area contributed by atoms with E-state index in [0.717, 1.165) is 33.7 Å². The molecule has 5 aromatic carbocycles. The molecule has 0 aliphatic rings. The van der Waals surface area contributed by atoms with Crippen molar-refractivity contribution in [1.29, 1.82) is 0 Å². The zero-order chi connectivity index (χ0) is 32.0. The van der Waals surface area contributed by atoms with Crippen molar-refractivity contribution in [3.8, 4) is 39.5 Å². The van der Waals surface area contributed by atoms with Crippen LogP contribution < -0.4 is 0 Å². The molecule has 0 atom stereocenters. The van der Waals surface area contributed by atoms with Gasteiger partial charge in [-0.15, -0.1) is 71.3 Å². The third-order valence-electron chi connectivity index (χ3n) is 8.18. The van der Waals surface area contributed by atoms with Crippen molar-refractivity contribution in [3.63, 3.8) is 0 Å².